The third-order valence-electron chi connectivity index (χ3n) is 4.31. The Morgan fingerprint density at radius 3 is 2.57 bits per heavy atom. The topological polar surface area (TPSA) is 55.8 Å². The quantitative estimate of drug-likeness (QED) is 0.874. The molecule has 23 heavy (non-hydrogen) atoms. The van der Waals surface area contributed by atoms with Gasteiger partial charge in [0.1, 0.15) is 5.82 Å². The standard InChI is InChI=1S/C17H26FN3O2/c1-3-20(4-2)17(23)19-12-13-5-6-16(15(18)11-13)21-9-7-14(22)8-10-21/h5-6,11,14,22H,3-4,7-10,12H2,1-2H3,(H,19,23). The SMILES string of the molecule is CCN(CC)C(=O)NCc1ccc(N2CCC(O)CC2)c(F)c1. The van der Waals surface area contributed by atoms with E-state index in [1.807, 2.05) is 24.8 Å². The predicted octanol–water partition coefficient (Wildman–Crippen LogP) is 2.34. The average molecular weight is 323 g/mol. The Balaban J connectivity index is 1.95. The van der Waals surface area contributed by atoms with E-state index < -0.39 is 0 Å². The number of piperidine rings is 1. The fourth-order valence-electron chi connectivity index (χ4n) is 2.82. The fraction of sp³-hybridized carbons (Fsp3) is 0.588. The molecule has 0 aromatic heterocycles. The van der Waals surface area contributed by atoms with Crippen molar-refractivity contribution >= 4 is 11.7 Å². The molecule has 0 spiro atoms. The number of carbonyl (C=O) groups is 1. The van der Waals surface area contributed by atoms with E-state index in [-0.39, 0.29) is 18.0 Å². The molecule has 1 aromatic rings. The van der Waals surface area contributed by atoms with E-state index in [2.05, 4.69) is 5.32 Å². The van der Waals surface area contributed by atoms with E-state index >= 15 is 0 Å². The monoisotopic (exact) mass is 323 g/mol. The lowest BCUT2D eigenvalue weighted by Crippen LogP contribution is -2.39. The van der Waals surface area contributed by atoms with Crippen molar-refractivity contribution in [3.05, 3.63) is 29.6 Å². The number of hydrogen-bond acceptors (Lipinski definition) is 3. The molecular formula is C17H26FN3O2. The maximum absolute atomic E-state index is 14.3. The molecule has 0 bridgehead atoms. The summed E-state index contributed by atoms with van der Waals surface area (Å²) in [6.45, 7) is 6.78. The second-order valence-corrected chi connectivity index (χ2v) is 5.83. The highest BCUT2D eigenvalue weighted by Gasteiger charge is 2.19. The molecule has 2 amide bonds. The van der Waals surface area contributed by atoms with Crippen LogP contribution in [-0.2, 0) is 6.54 Å². The van der Waals surface area contributed by atoms with Gasteiger partial charge in [-0.3, -0.25) is 0 Å². The van der Waals surface area contributed by atoms with Crippen LogP contribution in [0.2, 0.25) is 0 Å². The number of nitrogens with zero attached hydrogens (tertiary/aromatic N) is 2. The highest BCUT2D eigenvalue weighted by molar-refractivity contribution is 5.74. The van der Waals surface area contributed by atoms with Crippen LogP contribution in [0.4, 0.5) is 14.9 Å². The average Bonchev–Trinajstić information content (AvgIpc) is 2.55. The lowest BCUT2D eigenvalue weighted by atomic mass is 10.1. The van der Waals surface area contributed by atoms with E-state index in [1.54, 1.807) is 11.0 Å². The van der Waals surface area contributed by atoms with Gasteiger partial charge in [0.15, 0.2) is 0 Å². The van der Waals surface area contributed by atoms with Gasteiger partial charge in [-0.25, -0.2) is 9.18 Å². The smallest absolute Gasteiger partial charge is 0.317 e. The fourth-order valence-corrected chi connectivity index (χ4v) is 2.82. The number of benzene rings is 1. The molecule has 1 fully saturated rings. The molecule has 5 nitrogen and oxygen atoms in total. The van der Waals surface area contributed by atoms with Crippen LogP contribution in [0.5, 0.6) is 0 Å². The summed E-state index contributed by atoms with van der Waals surface area (Å²) in [6, 6.07) is 4.94. The van der Waals surface area contributed by atoms with Crippen molar-refractivity contribution in [2.45, 2.75) is 39.3 Å². The molecule has 0 unspecified atom stereocenters. The van der Waals surface area contributed by atoms with Crippen molar-refractivity contribution in [2.75, 3.05) is 31.1 Å². The van der Waals surface area contributed by atoms with E-state index in [0.717, 1.165) is 5.56 Å². The maximum Gasteiger partial charge on any atom is 0.317 e. The molecule has 1 saturated heterocycles. The maximum atomic E-state index is 14.3. The van der Waals surface area contributed by atoms with Crippen LogP contribution < -0.4 is 10.2 Å². The number of aliphatic hydroxyl groups is 1. The second-order valence-electron chi connectivity index (χ2n) is 5.83. The van der Waals surface area contributed by atoms with E-state index in [9.17, 15) is 14.3 Å². The Morgan fingerprint density at radius 2 is 2.00 bits per heavy atom. The molecule has 128 valence electrons. The number of rotatable bonds is 5. The van der Waals surface area contributed by atoms with Gasteiger partial charge in [0, 0.05) is 32.7 Å². The molecule has 1 aromatic carbocycles. The molecule has 2 rings (SSSR count). The first-order valence-corrected chi connectivity index (χ1v) is 8.29. The molecule has 0 atom stereocenters. The van der Waals surface area contributed by atoms with Crippen molar-refractivity contribution < 1.29 is 14.3 Å². The number of amides is 2. The number of anilines is 1. The number of urea groups is 1. The number of hydrogen-bond donors (Lipinski definition) is 2. The summed E-state index contributed by atoms with van der Waals surface area (Å²) in [4.78, 5) is 15.5. The second kappa shape index (κ2) is 8.15. The third kappa shape index (κ3) is 4.58. The van der Waals surface area contributed by atoms with E-state index in [1.165, 1.54) is 6.07 Å². The normalized spacial score (nSPS) is 15.6. The minimum Gasteiger partial charge on any atom is -0.393 e. The molecule has 0 radical (unpaired) electrons. The van der Waals surface area contributed by atoms with Crippen molar-refractivity contribution in [2.24, 2.45) is 0 Å². The van der Waals surface area contributed by atoms with Crippen LogP contribution in [0.25, 0.3) is 0 Å². The third-order valence-corrected chi connectivity index (χ3v) is 4.31. The predicted molar refractivity (Wildman–Crippen MR) is 89.0 cm³/mol. The summed E-state index contributed by atoms with van der Waals surface area (Å²) >= 11 is 0. The molecular weight excluding hydrogens is 297 g/mol. The first-order chi connectivity index (χ1) is 11.0. The van der Waals surface area contributed by atoms with Gasteiger partial charge in [0.2, 0.25) is 0 Å². The van der Waals surface area contributed by atoms with Gasteiger partial charge >= 0.3 is 6.03 Å². The Hall–Kier alpha value is -1.82. The molecule has 0 saturated carbocycles. The van der Waals surface area contributed by atoms with Crippen molar-refractivity contribution in [1.29, 1.82) is 0 Å². The number of carbonyl (C=O) groups excluding carboxylic acids is 1. The van der Waals surface area contributed by atoms with Crippen LogP contribution in [0.15, 0.2) is 18.2 Å². The van der Waals surface area contributed by atoms with Crippen molar-refractivity contribution in [3.8, 4) is 0 Å². The van der Waals surface area contributed by atoms with Gasteiger partial charge in [-0.2, -0.15) is 0 Å². The van der Waals surface area contributed by atoms with Crippen molar-refractivity contribution in [1.82, 2.24) is 10.2 Å². The first kappa shape index (κ1) is 17.5. The lowest BCUT2D eigenvalue weighted by molar-refractivity contribution is 0.145. The zero-order valence-electron chi connectivity index (χ0n) is 13.9. The summed E-state index contributed by atoms with van der Waals surface area (Å²) in [5, 5.41) is 12.3. The van der Waals surface area contributed by atoms with Gasteiger partial charge in [-0.05, 0) is 44.4 Å². The Morgan fingerprint density at radius 1 is 1.35 bits per heavy atom. The van der Waals surface area contributed by atoms with Crippen molar-refractivity contribution in [3.63, 3.8) is 0 Å². The summed E-state index contributed by atoms with van der Waals surface area (Å²) in [5.41, 5.74) is 1.31. The van der Waals surface area contributed by atoms with Crippen LogP contribution in [0.3, 0.4) is 0 Å². The number of halogens is 1. The summed E-state index contributed by atoms with van der Waals surface area (Å²) in [5.74, 6) is -0.282. The molecule has 6 heteroatoms. The Bertz CT molecular complexity index is 527. The summed E-state index contributed by atoms with van der Waals surface area (Å²) < 4.78 is 14.3. The minimum absolute atomic E-state index is 0.135. The molecule has 1 aliphatic heterocycles. The number of aliphatic hydroxyl groups excluding tert-OH is 1. The molecule has 0 aliphatic carbocycles. The van der Waals surface area contributed by atoms with E-state index in [4.69, 9.17) is 0 Å². The van der Waals surface area contributed by atoms with Crippen LogP contribution >= 0.6 is 0 Å². The molecule has 1 heterocycles. The van der Waals surface area contributed by atoms with Gasteiger partial charge in [0.05, 0.1) is 11.8 Å². The molecule has 2 N–H and O–H groups in total. The number of nitrogens with one attached hydrogen (secondary N) is 1. The first-order valence-electron chi connectivity index (χ1n) is 8.29. The lowest BCUT2D eigenvalue weighted by Gasteiger charge is -2.31. The summed E-state index contributed by atoms with van der Waals surface area (Å²) in [6.07, 6.45) is 1.06. The van der Waals surface area contributed by atoms with Gasteiger partial charge in [-0.1, -0.05) is 6.07 Å². The highest BCUT2D eigenvalue weighted by atomic mass is 19.1. The zero-order valence-corrected chi connectivity index (χ0v) is 13.9. The summed E-state index contributed by atoms with van der Waals surface area (Å²) in [7, 11) is 0. The Kier molecular flexibility index (Phi) is 6.21. The zero-order chi connectivity index (χ0) is 16.8. The van der Waals surface area contributed by atoms with Gasteiger partial charge in [-0.15, -0.1) is 0 Å². The molecule has 1 aliphatic rings. The minimum atomic E-state index is -0.282. The van der Waals surface area contributed by atoms with Gasteiger partial charge in [0.25, 0.3) is 0 Å². The van der Waals surface area contributed by atoms with Gasteiger partial charge < -0.3 is 20.2 Å². The van der Waals surface area contributed by atoms with Crippen LogP contribution in [0.1, 0.15) is 32.3 Å². The Labute approximate surface area is 137 Å². The van der Waals surface area contributed by atoms with Crippen LogP contribution in [0, 0.1) is 5.82 Å². The highest BCUT2D eigenvalue weighted by Crippen LogP contribution is 2.24. The largest absolute Gasteiger partial charge is 0.393 e. The van der Waals surface area contributed by atoms with E-state index in [0.29, 0.717) is 51.3 Å². The van der Waals surface area contributed by atoms with Crippen LogP contribution in [-0.4, -0.2) is 48.3 Å².